The number of aromatic nitrogens is 1. The molecule has 220 valence electrons. The number of benzene rings is 2. The molecule has 0 fully saturated rings. The minimum atomic E-state index is -1.57. The molecule has 3 amide bonds. The number of phenols is 1. The fourth-order valence-corrected chi connectivity index (χ4v) is 4.41. The molecule has 0 aliphatic carbocycles. The van der Waals surface area contributed by atoms with E-state index >= 15 is 0 Å². The summed E-state index contributed by atoms with van der Waals surface area (Å²) in [7, 11) is 0. The molecule has 3 rings (SSSR count). The van der Waals surface area contributed by atoms with Crippen molar-refractivity contribution < 1.29 is 34.5 Å². The number of rotatable bonds is 13. The van der Waals surface area contributed by atoms with Crippen molar-refractivity contribution in [3.63, 3.8) is 0 Å². The number of hydrogen-bond donors (Lipinski definition) is 8. The molecule has 2 aromatic carbocycles. The lowest BCUT2D eigenvalue weighted by Gasteiger charge is -2.27. The average molecular weight is 568 g/mol. The topological polar surface area (TPSA) is 207 Å². The van der Waals surface area contributed by atoms with Crippen LogP contribution in [-0.4, -0.2) is 74.3 Å². The van der Waals surface area contributed by atoms with Crippen LogP contribution in [0.1, 0.15) is 31.9 Å². The van der Waals surface area contributed by atoms with Crippen molar-refractivity contribution in [3.05, 3.63) is 65.9 Å². The van der Waals surface area contributed by atoms with E-state index in [0.717, 1.165) is 16.5 Å². The second-order valence-electron chi connectivity index (χ2n) is 10.4. The van der Waals surface area contributed by atoms with Gasteiger partial charge in [-0.2, -0.15) is 0 Å². The molecule has 0 aliphatic heterocycles. The molecule has 0 saturated heterocycles. The molecular formula is C29H37N5O7. The maximum Gasteiger partial charge on any atom is 0.328 e. The Labute approximate surface area is 237 Å². The molecule has 41 heavy (non-hydrogen) atoms. The number of hydrogen-bond acceptors (Lipinski definition) is 7. The first kappa shape index (κ1) is 31.1. The molecule has 5 unspecified atom stereocenters. The van der Waals surface area contributed by atoms with Gasteiger partial charge < -0.3 is 42.0 Å². The Bertz CT molecular complexity index is 1370. The zero-order chi connectivity index (χ0) is 30.3. The van der Waals surface area contributed by atoms with Crippen LogP contribution in [-0.2, 0) is 32.0 Å². The van der Waals surface area contributed by atoms with Crippen LogP contribution < -0.4 is 21.7 Å². The van der Waals surface area contributed by atoms with Gasteiger partial charge in [0.05, 0.1) is 12.1 Å². The number of carboxylic acids is 1. The van der Waals surface area contributed by atoms with E-state index < -0.39 is 59.9 Å². The van der Waals surface area contributed by atoms with E-state index in [9.17, 15) is 34.5 Å². The highest BCUT2D eigenvalue weighted by atomic mass is 16.4. The average Bonchev–Trinajstić information content (AvgIpc) is 3.32. The number of aliphatic hydroxyl groups excluding tert-OH is 1. The highest BCUT2D eigenvalue weighted by molar-refractivity contribution is 5.94. The van der Waals surface area contributed by atoms with Gasteiger partial charge in [0.2, 0.25) is 17.7 Å². The molecule has 5 atom stereocenters. The summed E-state index contributed by atoms with van der Waals surface area (Å²) in [6.45, 7) is 4.55. The molecule has 1 heterocycles. The lowest BCUT2D eigenvalue weighted by Crippen LogP contribution is -2.60. The number of nitrogens with two attached hydrogens (primary N) is 1. The number of carbonyl (C=O) groups excluding carboxylic acids is 3. The molecule has 12 heteroatoms. The van der Waals surface area contributed by atoms with Crippen molar-refractivity contribution in [2.45, 2.75) is 63.9 Å². The number of aromatic hydroxyl groups is 1. The number of aliphatic hydroxyl groups is 1. The van der Waals surface area contributed by atoms with Gasteiger partial charge in [-0.3, -0.25) is 14.4 Å². The molecule has 12 nitrogen and oxygen atoms in total. The standard InChI is InChI=1S/C29H37N5O7/c1-15(2)24(28(39)34-25(16(3)35)29(40)41)33-27(38)23(12-17-8-10-19(36)11-9-17)32-26(37)21(30)13-18-14-31-22-7-5-4-6-20(18)22/h4-11,14-16,21,23-25,31,35-36H,12-13,30H2,1-3H3,(H,32,37)(H,33,38)(H,34,39)(H,40,41). The summed E-state index contributed by atoms with van der Waals surface area (Å²) in [5.74, 6) is -3.93. The number of nitrogens with one attached hydrogen (secondary N) is 4. The number of H-pyrrole nitrogens is 1. The Morgan fingerprint density at radius 1 is 0.854 bits per heavy atom. The van der Waals surface area contributed by atoms with E-state index in [2.05, 4.69) is 20.9 Å². The van der Waals surface area contributed by atoms with Crippen LogP contribution in [0, 0.1) is 5.92 Å². The van der Waals surface area contributed by atoms with Gasteiger partial charge in [0.25, 0.3) is 0 Å². The van der Waals surface area contributed by atoms with Crippen LogP contribution in [0.5, 0.6) is 5.75 Å². The van der Waals surface area contributed by atoms with Crippen LogP contribution in [0.3, 0.4) is 0 Å². The fourth-order valence-electron chi connectivity index (χ4n) is 4.41. The Morgan fingerprint density at radius 3 is 2.10 bits per heavy atom. The maximum atomic E-state index is 13.5. The highest BCUT2D eigenvalue weighted by Gasteiger charge is 2.33. The predicted molar refractivity (Wildman–Crippen MR) is 152 cm³/mol. The molecule has 3 aromatic rings. The van der Waals surface area contributed by atoms with E-state index in [1.807, 2.05) is 24.3 Å². The second kappa shape index (κ2) is 13.8. The molecule has 0 saturated carbocycles. The molecule has 0 bridgehead atoms. The van der Waals surface area contributed by atoms with Crippen LogP contribution >= 0.6 is 0 Å². The van der Waals surface area contributed by atoms with Gasteiger partial charge in [-0.25, -0.2) is 4.79 Å². The molecule has 0 aliphatic rings. The van der Waals surface area contributed by atoms with Gasteiger partial charge in [-0.05, 0) is 48.6 Å². The monoisotopic (exact) mass is 567 g/mol. The van der Waals surface area contributed by atoms with Crippen molar-refractivity contribution in [1.29, 1.82) is 0 Å². The normalized spacial score (nSPS) is 15.0. The number of amides is 3. The summed E-state index contributed by atoms with van der Waals surface area (Å²) in [6.07, 6.45) is 0.633. The highest BCUT2D eigenvalue weighted by Crippen LogP contribution is 2.19. The van der Waals surface area contributed by atoms with Gasteiger partial charge in [0.1, 0.15) is 17.8 Å². The molecule has 1 aromatic heterocycles. The quantitative estimate of drug-likeness (QED) is 0.146. The summed E-state index contributed by atoms with van der Waals surface area (Å²) >= 11 is 0. The predicted octanol–water partition coefficient (Wildman–Crippen LogP) is 0.562. The van der Waals surface area contributed by atoms with E-state index in [1.165, 1.54) is 19.1 Å². The number of fused-ring (bicyclic) bond motifs is 1. The smallest absolute Gasteiger partial charge is 0.328 e. The van der Waals surface area contributed by atoms with Gasteiger partial charge in [-0.1, -0.05) is 44.2 Å². The van der Waals surface area contributed by atoms with Gasteiger partial charge in [-0.15, -0.1) is 0 Å². The lowest BCUT2D eigenvalue weighted by atomic mass is 9.99. The third-order valence-electron chi connectivity index (χ3n) is 6.75. The Kier molecular flexibility index (Phi) is 10.5. The number of aromatic amines is 1. The van der Waals surface area contributed by atoms with Crippen molar-refractivity contribution in [3.8, 4) is 5.75 Å². The van der Waals surface area contributed by atoms with Crippen molar-refractivity contribution >= 4 is 34.6 Å². The maximum absolute atomic E-state index is 13.5. The molecule has 0 radical (unpaired) electrons. The van der Waals surface area contributed by atoms with Crippen molar-refractivity contribution in [2.24, 2.45) is 11.7 Å². The number of para-hydroxylation sites is 1. The van der Waals surface area contributed by atoms with Gasteiger partial charge in [0, 0.05) is 23.5 Å². The minimum absolute atomic E-state index is 0.0233. The van der Waals surface area contributed by atoms with Gasteiger partial charge >= 0.3 is 5.97 Å². The first-order valence-corrected chi connectivity index (χ1v) is 13.3. The van der Waals surface area contributed by atoms with Gasteiger partial charge in [0.15, 0.2) is 6.04 Å². The van der Waals surface area contributed by atoms with Crippen LogP contribution in [0.25, 0.3) is 10.9 Å². The first-order chi connectivity index (χ1) is 19.4. The first-order valence-electron chi connectivity index (χ1n) is 13.3. The lowest BCUT2D eigenvalue weighted by molar-refractivity contribution is -0.145. The number of carbonyl (C=O) groups is 4. The summed E-state index contributed by atoms with van der Waals surface area (Å²) in [5, 5.41) is 37.2. The molecule has 9 N–H and O–H groups in total. The molecular weight excluding hydrogens is 530 g/mol. The van der Waals surface area contributed by atoms with E-state index in [4.69, 9.17) is 5.73 Å². The number of aliphatic carboxylic acids is 1. The zero-order valence-electron chi connectivity index (χ0n) is 23.1. The van der Waals surface area contributed by atoms with E-state index in [1.54, 1.807) is 32.2 Å². The van der Waals surface area contributed by atoms with Crippen molar-refractivity contribution in [2.75, 3.05) is 0 Å². The number of phenolic OH excluding ortho intramolecular Hbond substituents is 1. The van der Waals surface area contributed by atoms with Crippen molar-refractivity contribution in [1.82, 2.24) is 20.9 Å². The number of carboxylic acid groups (broad SMARTS) is 1. The molecule has 0 spiro atoms. The van der Waals surface area contributed by atoms with E-state index in [-0.39, 0.29) is 18.6 Å². The summed E-state index contributed by atoms with van der Waals surface area (Å²) in [6, 6.07) is 8.79. The minimum Gasteiger partial charge on any atom is -0.508 e. The third-order valence-corrected chi connectivity index (χ3v) is 6.75. The summed E-state index contributed by atoms with van der Waals surface area (Å²) < 4.78 is 0. The largest absolute Gasteiger partial charge is 0.508 e. The summed E-state index contributed by atoms with van der Waals surface area (Å²) in [4.78, 5) is 54.2. The van der Waals surface area contributed by atoms with Crippen LogP contribution in [0.2, 0.25) is 0 Å². The Morgan fingerprint density at radius 2 is 1.49 bits per heavy atom. The van der Waals surface area contributed by atoms with E-state index in [0.29, 0.717) is 5.56 Å². The fraction of sp³-hybridized carbons (Fsp3) is 0.379. The van der Waals surface area contributed by atoms with Crippen LogP contribution in [0.4, 0.5) is 0 Å². The zero-order valence-corrected chi connectivity index (χ0v) is 23.1. The Hall–Kier alpha value is -4.42. The Balaban J connectivity index is 1.78. The third kappa shape index (κ3) is 8.29. The SMILES string of the molecule is CC(C)C(NC(=O)C(Cc1ccc(O)cc1)NC(=O)C(N)Cc1c[nH]c2ccccc12)C(=O)NC(C(=O)O)C(C)O. The van der Waals surface area contributed by atoms with Crippen LogP contribution in [0.15, 0.2) is 54.7 Å². The second-order valence-corrected chi connectivity index (χ2v) is 10.4. The summed E-state index contributed by atoms with van der Waals surface area (Å²) in [5.41, 5.74) is 8.60.